The summed E-state index contributed by atoms with van der Waals surface area (Å²) in [7, 11) is 0. The van der Waals surface area contributed by atoms with Gasteiger partial charge in [-0.25, -0.2) is 0 Å². The number of rotatable bonds is 62. The quantitative estimate of drug-likeness (QED) is 0.0261. The lowest BCUT2D eigenvalue weighted by Gasteiger charge is -2.18. The Bertz CT molecular complexity index is 1620. The molecule has 0 bridgehead atoms. The van der Waals surface area contributed by atoms with E-state index < -0.39 is 6.10 Å². The van der Waals surface area contributed by atoms with E-state index in [4.69, 9.17) is 14.2 Å². The lowest BCUT2D eigenvalue weighted by molar-refractivity contribution is -0.167. The van der Waals surface area contributed by atoms with Gasteiger partial charge in [0.2, 0.25) is 0 Å². The van der Waals surface area contributed by atoms with Crippen molar-refractivity contribution in [3.63, 3.8) is 0 Å². The number of allylic oxidation sites excluding steroid dienone is 18. The molecule has 0 saturated heterocycles. The van der Waals surface area contributed by atoms with Gasteiger partial charge >= 0.3 is 17.9 Å². The van der Waals surface area contributed by atoms with Crippen LogP contribution in [0.25, 0.3) is 0 Å². The second kappa shape index (κ2) is 68.6. The van der Waals surface area contributed by atoms with Gasteiger partial charge < -0.3 is 14.2 Å². The molecule has 1 atom stereocenters. The van der Waals surface area contributed by atoms with Gasteiger partial charge in [0.1, 0.15) is 13.2 Å². The van der Waals surface area contributed by atoms with Gasteiger partial charge in [-0.05, 0) is 122 Å². The molecule has 0 aliphatic rings. The van der Waals surface area contributed by atoms with Crippen LogP contribution in [-0.2, 0) is 28.6 Å². The molecule has 6 heteroatoms. The van der Waals surface area contributed by atoms with Crippen molar-refractivity contribution in [2.75, 3.05) is 13.2 Å². The molecular formula is C75H128O6. The van der Waals surface area contributed by atoms with Gasteiger partial charge in [0.05, 0.1) is 0 Å². The molecule has 0 spiro atoms. The molecule has 0 amide bonds. The molecule has 0 radical (unpaired) electrons. The van der Waals surface area contributed by atoms with E-state index in [2.05, 4.69) is 130 Å². The maximum absolute atomic E-state index is 12.9. The van der Waals surface area contributed by atoms with Crippen LogP contribution in [0.2, 0.25) is 0 Å². The Morgan fingerprint density at radius 3 is 0.765 bits per heavy atom. The topological polar surface area (TPSA) is 78.9 Å². The van der Waals surface area contributed by atoms with E-state index >= 15 is 0 Å². The molecule has 0 N–H and O–H groups in total. The van der Waals surface area contributed by atoms with E-state index in [-0.39, 0.29) is 31.1 Å². The highest BCUT2D eigenvalue weighted by Crippen LogP contribution is 2.17. The molecule has 0 aliphatic heterocycles. The Labute approximate surface area is 501 Å². The number of hydrogen-bond donors (Lipinski definition) is 0. The first kappa shape index (κ1) is 77.1. The minimum absolute atomic E-state index is 0.0913. The molecule has 0 saturated carbocycles. The van der Waals surface area contributed by atoms with Gasteiger partial charge in [-0.3, -0.25) is 14.4 Å². The van der Waals surface area contributed by atoms with Crippen LogP contribution >= 0.6 is 0 Å². The van der Waals surface area contributed by atoms with Gasteiger partial charge in [0.15, 0.2) is 6.10 Å². The van der Waals surface area contributed by atoms with Crippen LogP contribution in [0.1, 0.15) is 329 Å². The predicted octanol–water partition coefficient (Wildman–Crippen LogP) is 23.8. The Hall–Kier alpha value is -3.93. The number of ether oxygens (including phenoxy) is 3. The summed E-state index contributed by atoms with van der Waals surface area (Å²) in [5.41, 5.74) is 0. The molecule has 0 aromatic heterocycles. The molecule has 464 valence electrons. The van der Waals surface area contributed by atoms with Crippen molar-refractivity contribution in [2.45, 2.75) is 335 Å². The zero-order valence-corrected chi connectivity index (χ0v) is 53.3. The molecule has 0 aliphatic carbocycles. The second-order valence-corrected chi connectivity index (χ2v) is 22.7. The normalized spacial score (nSPS) is 12.8. The number of unbranched alkanes of at least 4 members (excludes halogenated alkanes) is 33. The fourth-order valence-corrected chi connectivity index (χ4v) is 9.66. The minimum atomic E-state index is -0.799. The molecule has 0 aromatic carbocycles. The third-order valence-electron chi connectivity index (χ3n) is 14.7. The number of carbonyl (C=O) groups is 3. The van der Waals surface area contributed by atoms with Crippen LogP contribution in [-0.4, -0.2) is 37.2 Å². The first-order valence-electron chi connectivity index (χ1n) is 34.4. The molecule has 1 unspecified atom stereocenters. The van der Waals surface area contributed by atoms with Crippen molar-refractivity contribution in [2.24, 2.45) is 0 Å². The van der Waals surface area contributed by atoms with Crippen molar-refractivity contribution in [3.05, 3.63) is 109 Å². The zero-order valence-electron chi connectivity index (χ0n) is 53.3. The largest absolute Gasteiger partial charge is 0.462 e. The van der Waals surface area contributed by atoms with E-state index in [1.807, 2.05) is 0 Å². The standard InChI is InChI=1S/C75H128O6/c1-4-7-10-13-16-19-22-25-28-30-32-34-35-36-37-38-39-41-42-44-47-50-53-56-59-62-65-68-74(77)80-71-72(70-79-73(76)67-64-61-58-55-52-49-46-27-24-21-18-15-12-9-6-3)81-75(78)69-66-63-60-57-54-51-48-45-43-40-33-31-29-26-23-20-17-14-11-8-5-2/h8-9,11-12,17-18,20-21,26-27,29-30,32-33,40,45-46,48,72H,4-7,10,13-16,19,22-25,28,31,34-39,41-44,47,49-71H2,1-3H3/b11-8-,12-9-,20-17-,21-18-,29-26-,32-30-,40-33-,46-27-,48-45-. The smallest absolute Gasteiger partial charge is 0.306 e. The van der Waals surface area contributed by atoms with Gasteiger partial charge in [0, 0.05) is 19.3 Å². The number of esters is 3. The van der Waals surface area contributed by atoms with Crippen LogP contribution in [0.3, 0.4) is 0 Å². The van der Waals surface area contributed by atoms with Crippen molar-refractivity contribution < 1.29 is 28.6 Å². The van der Waals surface area contributed by atoms with Crippen molar-refractivity contribution >= 4 is 17.9 Å². The highest BCUT2D eigenvalue weighted by atomic mass is 16.6. The molecular weight excluding hydrogens is 997 g/mol. The Balaban J connectivity index is 4.34. The summed E-state index contributed by atoms with van der Waals surface area (Å²) in [5, 5.41) is 0. The molecule has 0 heterocycles. The van der Waals surface area contributed by atoms with E-state index in [1.54, 1.807) is 0 Å². The Kier molecular flexibility index (Phi) is 65.2. The van der Waals surface area contributed by atoms with Gasteiger partial charge in [-0.1, -0.05) is 297 Å². The summed E-state index contributed by atoms with van der Waals surface area (Å²) in [6.07, 6.45) is 94.0. The summed E-state index contributed by atoms with van der Waals surface area (Å²) in [5.74, 6) is -0.917. The molecule has 0 fully saturated rings. The van der Waals surface area contributed by atoms with Crippen molar-refractivity contribution in [1.82, 2.24) is 0 Å². The Morgan fingerprint density at radius 1 is 0.259 bits per heavy atom. The summed E-state index contributed by atoms with van der Waals surface area (Å²) in [6, 6.07) is 0. The van der Waals surface area contributed by atoms with Crippen LogP contribution < -0.4 is 0 Å². The van der Waals surface area contributed by atoms with Crippen LogP contribution in [0.5, 0.6) is 0 Å². The van der Waals surface area contributed by atoms with Crippen LogP contribution in [0.4, 0.5) is 0 Å². The monoisotopic (exact) mass is 1120 g/mol. The lowest BCUT2D eigenvalue weighted by atomic mass is 10.0. The van der Waals surface area contributed by atoms with Crippen molar-refractivity contribution in [3.8, 4) is 0 Å². The second-order valence-electron chi connectivity index (χ2n) is 22.7. The summed E-state index contributed by atoms with van der Waals surface area (Å²) in [6.45, 7) is 6.42. The van der Waals surface area contributed by atoms with E-state index in [0.717, 1.165) is 148 Å². The number of hydrogen-bond acceptors (Lipinski definition) is 6. The highest BCUT2D eigenvalue weighted by Gasteiger charge is 2.19. The third-order valence-corrected chi connectivity index (χ3v) is 14.7. The molecule has 0 rings (SSSR count). The van der Waals surface area contributed by atoms with Crippen molar-refractivity contribution in [1.29, 1.82) is 0 Å². The fourth-order valence-electron chi connectivity index (χ4n) is 9.66. The van der Waals surface area contributed by atoms with E-state index in [0.29, 0.717) is 19.3 Å². The van der Waals surface area contributed by atoms with Gasteiger partial charge in [-0.15, -0.1) is 0 Å². The van der Waals surface area contributed by atoms with Gasteiger partial charge in [0.25, 0.3) is 0 Å². The average molecular weight is 1130 g/mol. The fraction of sp³-hybridized carbons (Fsp3) is 0.720. The summed E-state index contributed by atoms with van der Waals surface area (Å²) < 4.78 is 16.9. The highest BCUT2D eigenvalue weighted by molar-refractivity contribution is 5.71. The Morgan fingerprint density at radius 2 is 0.481 bits per heavy atom. The number of carbonyl (C=O) groups excluding carboxylic acids is 3. The predicted molar refractivity (Wildman–Crippen MR) is 353 cm³/mol. The first-order valence-corrected chi connectivity index (χ1v) is 34.4. The van der Waals surface area contributed by atoms with Gasteiger partial charge in [-0.2, -0.15) is 0 Å². The summed E-state index contributed by atoms with van der Waals surface area (Å²) >= 11 is 0. The van der Waals surface area contributed by atoms with Crippen LogP contribution in [0, 0.1) is 0 Å². The lowest BCUT2D eigenvalue weighted by Crippen LogP contribution is -2.30. The summed E-state index contributed by atoms with van der Waals surface area (Å²) in [4.78, 5) is 38.4. The van der Waals surface area contributed by atoms with E-state index in [9.17, 15) is 14.4 Å². The average Bonchev–Trinajstić information content (AvgIpc) is 3.47. The molecule has 0 aromatic rings. The molecule has 81 heavy (non-hydrogen) atoms. The third kappa shape index (κ3) is 66.8. The van der Waals surface area contributed by atoms with E-state index in [1.165, 1.54) is 141 Å². The maximum Gasteiger partial charge on any atom is 0.306 e. The zero-order chi connectivity index (χ0) is 58.5. The first-order chi connectivity index (χ1) is 40.0. The SMILES string of the molecule is CC/C=C\C/C=C\C/C=C\C/C=C\C/C=C\CCCCCCCC(=O)OC(COC(=O)CCCCCCC/C=C\C/C=C\C/C=C\CC)COC(=O)CCCCCCCCCCCCCCCCC/C=C\CCCCCCCCCC. The van der Waals surface area contributed by atoms with Crippen LogP contribution in [0.15, 0.2) is 109 Å². The molecule has 6 nitrogen and oxygen atoms in total. The minimum Gasteiger partial charge on any atom is -0.462 e. The maximum atomic E-state index is 12.9.